The number of amides is 1. The number of benzene rings is 1. The fourth-order valence-electron chi connectivity index (χ4n) is 3.14. The predicted octanol–water partition coefficient (Wildman–Crippen LogP) is 0.626. The first kappa shape index (κ1) is 16.1. The molecular weight excluding hydrogens is 294 g/mol. The van der Waals surface area contributed by atoms with Crippen molar-refractivity contribution < 1.29 is 14.3 Å². The lowest BCUT2D eigenvalue weighted by Gasteiger charge is -2.24. The predicted molar refractivity (Wildman–Crippen MR) is 88.9 cm³/mol. The number of ether oxygens (including phenoxy) is 2. The molecule has 6 nitrogen and oxygen atoms in total. The van der Waals surface area contributed by atoms with Gasteiger partial charge in [-0.3, -0.25) is 4.79 Å². The van der Waals surface area contributed by atoms with Crippen LogP contribution in [0.3, 0.4) is 0 Å². The summed E-state index contributed by atoms with van der Waals surface area (Å²) >= 11 is 0. The van der Waals surface area contributed by atoms with Gasteiger partial charge < -0.3 is 25.0 Å². The van der Waals surface area contributed by atoms with Gasteiger partial charge in [0.05, 0.1) is 20.3 Å². The van der Waals surface area contributed by atoms with Crippen LogP contribution in [0.25, 0.3) is 0 Å². The maximum Gasteiger partial charge on any atom is 0.239 e. The van der Waals surface area contributed by atoms with Gasteiger partial charge in [0.1, 0.15) is 11.8 Å². The molecule has 23 heavy (non-hydrogen) atoms. The average Bonchev–Trinajstić information content (AvgIpc) is 3.09. The third kappa shape index (κ3) is 4.14. The van der Waals surface area contributed by atoms with Gasteiger partial charge in [0.15, 0.2) is 0 Å². The topological polar surface area (TPSA) is 62.8 Å². The summed E-state index contributed by atoms with van der Waals surface area (Å²) in [5, 5.41) is 6.24. The van der Waals surface area contributed by atoms with Crippen molar-refractivity contribution in [2.45, 2.75) is 12.5 Å². The van der Waals surface area contributed by atoms with Gasteiger partial charge in [-0.05, 0) is 24.5 Å². The number of hydrogen-bond donors (Lipinski definition) is 2. The van der Waals surface area contributed by atoms with Crippen LogP contribution in [0.4, 0.5) is 5.69 Å². The second kappa shape index (κ2) is 7.66. The molecule has 126 valence electrons. The smallest absolute Gasteiger partial charge is 0.239 e. The molecule has 0 radical (unpaired) electrons. The van der Waals surface area contributed by atoms with Crippen molar-refractivity contribution in [3.05, 3.63) is 24.3 Å². The van der Waals surface area contributed by atoms with Gasteiger partial charge in [-0.2, -0.15) is 0 Å². The lowest BCUT2D eigenvalue weighted by molar-refractivity contribution is -0.126. The van der Waals surface area contributed by atoms with E-state index in [9.17, 15) is 4.79 Å². The molecule has 2 saturated heterocycles. The molecule has 0 spiro atoms. The van der Waals surface area contributed by atoms with E-state index in [1.54, 1.807) is 7.11 Å². The second-order valence-electron chi connectivity index (χ2n) is 6.13. The second-order valence-corrected chi connectivity index (χ2v) is 6.13. The molecule has 0 saturated carbocycles. The van der Waals surface area contributed by atoms with Gasteiger partial charge in [-0.15, -0.1) is 0 Å². The van der Waals surface area contributed by atoms with Gasteiger partial charge in [-0.25, -0.2) is 0 Å². The Morgan fingerprint density at radius 1 is 1.52 bits per heavy atom. The first-order valence-corrected chi connectivity index (χ1v) is 8.24. The average molecular weight is 319 g/mol. The molecule has 2 N–H and O–H groups in total. The minimum atomic E-state index is -0.209. The molecule has 3 rings (SSSR count). The highest BCUT2D eigenvalue weighted by Gasteiger charge is 2.25. The van der Waals surface area contributed by atoms with E-state index in [-0.39, 0.29) is 11.9 Å². The normalized spacial score (nSPS) is 24.5. The molecule has 2 fully saturated rings. The Bertz CT molecular complexity index is 532. The van der Waals surface area contributed by atoms with Crippen LogP contribution < -0.4 is 20.3 Å². The highest BCUT2D eigenvalue weighted by atomic mass is 16.5. The van der Waals surface area contributed by atoms with E-state index >= 15 is 0 Å². The highest BCUT2D eigenvalue weighted by Crippen LogP contribution is 2.26. The molecule has 0 aromatic heterocycles. The number of methoxy groups -OCH3 is 1. The molecular formula is C17H25N3O3. The van der Waals surface area contributed by atoms with Crippen LogP contribution in [0.2, 0.25) is 0 Å². The first-order chi connectivity index (χ1) is 11.3. The summed E-state index contributed by atoms with van der Waals surface area (Å²) in [5.74, 6) is 1.40. The summed E-state index contributed by atoms with van der Waals surface area (Å²) in [6, 6.07) is 7.92. The summed E-state index contributed by atoms with van der Waals surface area (Å²) in [6.45, 7) is 4.58. The van der Waals surface area contributed by atoms with Crippen LogP contribution in [0, 0.1) is 5.92 Å². The molecule has 2 aliphatic heterocycles. The number of anilines is 1. The van der Waals surface area contributed by atoms with Crippen LogP contribution >= 0.6 is 0 Å². The maximum atomic E-state index is 12.1. The van der Waals surface area contributed by atoms with Crippen LogP contribution in [0.1, 0.15) is 6.42 Å². The Labute approximate surface area is 137 Å². The van der Waals surface area contributed by atoms with Crippen molar-refractivity contribution in [1.82, 2.24) is 10.6 Å². The van der Waals surface area contributed by atoms with E-state index < -0.39 is 0 Å². The number of nitrogens with one attached hydrogen (secondary N) is 2. The third-order valence-electron chi connectivity index (χ3n) is 4.51. The van der Waals surface area contributed by atoms with Gasteiger partial charge in [0.25, 0.3) is 0 Å². The molecule has 2 heterocycles. The number of hydrogen-bond acceptors (Lipinski definition) is 5. The van der Waals surface area contributed by atoms with Crippen molar-refractivity contribution in [3.8, 4) is 5.75 Å². The van der Waals surface area contributed by atoms with Crippen molar-refractivity contribution in [3.63, 3.8) is 0 Å². The van der Waals surface area contributed by atoms with Gasteiger partial charge in [0.2, 0.25) is 5.91 Å². The zero-order valence-corrected chi connectivity index (χ0v) is 13.6. The SMILES string of the molecule is COc1cccc(N2CCC(CNC(=O)C3COCCN3)C2)c1. The summed E-state index contributed by atoms with van der Waals surface area (Å²) in [5.41, 5.74) is 1.18. The van der Waals surface area contributed by atoms with Crippen LogP contribution in [-0.4, -0.2) is 58.5 Å². The fraction of sp³-hybridized carbons (Fsp3) is 0.588. The Kier molecular flexibility index (Phi) is 5.35. The van der Waals surface area contributed by atoms with E-state index in [0.717, 1.165) is 38.3 Å². The third-order valence-corrected chi connectivity index (χ3v) is 4.51. The maximum absolute atomic E-state index is 12.1. The minimum Gasteiger partial charge on any atom is -0.497 e. The number of nitrogens with zero attached hydrogens (tertiary/aromatic N) is 1. The quantitative estimate of drug-likeness (QED) is 0.833. The Morgan fingerprint density at radius 3 is 3.22 bits per heavy atom. The molecule has 2 aliphatic rings. The number of carbonyl (C=O) groups excluding carboxylic acids is 1. The molecule has 6 heteroatoms. The van der Waals surface area contributed by atoms with Crippen molar-refractivity contribution in [2.24, 2.45) is 5.92 Å². The Hall–Kier alpha value is -1.79. The van der Waals surface area contributed by atoms with Crippen LogP contribution in [0.5, 0.6) is 5.75 Å². The molecule has 1 amide bonds. The minimum absolute atomic E-state index is 0.0459. The number of carbonyl (C=O) groups is 1. The largest absolute Gasteiger partial charge is 0.497 e. The molecule has 1 aromatic rings. The summed E-state index contributed by atoms with van der Waals surface area (Å²) in [7, 11) is 1.68. The molecule has 2 atom stereocenters. The monoisotopic (exact) mass is 319 g/mol. The first-order valence-electron chi connectivity index (χ1n) is 8.24. The van der Waals surface area contributed by atoms with E-state index in [2.05, 4.69) is 27.7 Å². The van der Waals surface area contributed by atoms with Crippen molar-refractivity contribution in [1.29, 1.82) is 0 Å². The van der Waals surface area contributed by atoms with Crippen molar-refractivity contribution in [2.75, 3.05) is 51.4 Å². The zero-order valence-electron chi connectivity index (χ0n) is 13.6. The summed E-state index contributed by atoms with van der Waals surface area (Å²) < 4.78 is 10.6. The standard InChI is InChI=1S/C17H25N3O3/c1-22-15-4-2-3-14(9-15)20-7-5-13(11-20)10-19-17(21)16-12-23-8-6-18-16/h2-4,9,13,16,18H,5-8,10-12H2,1H3,(H,19,21). The summed E-state index contributed by atoms with van der Waals surface area (Å²) in [4.78, 5) is 14.5. The summed E-state index contributed by atoms with van der Waals surface area (Å²) in [6.07, 6.45) is 1.09. The Morgan fingerprint density at radius 2 is 2.43 bits per heavy atom. The highest BCUT2D eigenvalue weighted by molar-refractivity contribution is 5.82. The zero-order chi connectivity index (χ0) is 16.1. The van der Waals surface area contributed by atoms with Gasteiger partial charge in [0, 0.05) is 37.9 Å². The van der Waals surface area contributed by atoms with E-state index in [1.165, 1.54) is 5.69 Å². The van der Waals surface area contributed by atoms with Crippen LogP contribution in [-0.2, 0) is 9.53 Å². The number of morpholine rings is 1. The lowest BCUT2D eigenvalue weighted by Crippen LogP contribution is -2.52. The van der Waals surface area contributed by atoms with Gasteiger partial charge >= 0.3 is 0 Å². The molecule has 2 unspecified atom stereocenters. The van der Waals surface area contributed by atoms with Crippen LogP contribution in [0.15, 0.2) is 24.3 Å². The molecule has 1 aromatic carbocycles. The van der Waals surface area contributed by atoms with Crippen molar-refractivity contribution >= 4 is 11.6 Å². The van der Waals surface area contributed by atoms with E-state index in [4.69, 9.17) is 9.47 Å². The molecule has 0 bridgehead atoms. The van der Waals surface area contributed by atoms with Gasteiger partial charge in [-0.1, -0.05) is 6.07 Å². The molecule has 0 aliphatic carbocycles. The fourth-order valence-corrected chi connectivity index (χ4v) is 3.14. The lowest BCUT2D eigenvalue weighted by atomic mass is 10.1. The Balaban J connectivity index is 1.46. The number of rotatable bonds is 5. The van der Waals surface area contributed by atoms with E-state index in [1.807, 2.05) is 12.1 Å². The van der Waals surface area contributed by atoms with E-state index in [0.29, 0.717) is 19.1 Å².